The number of hydrogen-bond acceptors (Lipinski definition) is 2. The molecule has 0 aliphatic carbocycles. The fraction of sp³-hybridized carbons (Fsp3) is 0.250. The summed E-state index contributed by atoms with van der Waals surface area (Å²) in [4.78, 5) is 10.7. The van der Waals surface area contributed by atoms with Gasteiger partial charge in [0, 0.05) is 5.56 Å². The molecule has 0 spiro atoms. The van der Waals surface area contributed by atoms with Gasteiger partial charge in [0.1, 0.15) is 11.4 Å². The van der Waals surface area contributed by atoms with Crippen LogP contribution in [0.2, 0.25) is 0 Å². The lowest BCUT2D eigenvalue weighted by Crippen LogP contribution is -2.44. The maximum absolute atomic E-state index is 13.2. The Bertz CT molecular complexity index is 413. The molecule has 0 unspecified atom stereocenters. The molecule has 86 valence electrons. The zero-order valence-corrected chi connectivity index (χ0v) is 8.98. The van der Waals surface area contributed by atoms with E-state index >= 15 is 0 Å². The Morgan fingerprint density at radius 3 is 2.75 bits per heavy atom. The van der Waals surface area contributed by atoms with E-state index in [9.17, 15) is 9.18 Å². The van der Waals surface area contributed by atoms with Gasteiger partial charge in [-0.3, -0.25) is 4.79 Å². The van der Waals surface area contributed by atoms with Crippen LogP contribution in [0.3, 0.4) is 0 Å². The molecule has 0 aliphatic heterocycles. The molecule has 0 heterocycles. The number of nitrogens with two attached hydrogens (primary N) is 1. The van der Waals surface area contributed by atoms with Gasteiger partial charge in [0.2, 0.25) is 0 Å². The Kier molecular flexibility index (Phi) is 3.79. The van der Waals surface area contributed by atoms with Crippen molar-refractivity contribution in [3.8, 4) is 0 Å². The largest absolute Gasteiger partial charge is 0.480 e. The van der Waals surface area contributed by atoms with Gasteiger partial charge in [-0.15, -0.1) is 0 Å². The molecule has 0 fully saturated rings. The number of carboxylic acid groups (broad SMARTS) is 1. The average Bonchev–Trinajstić information content (AvgIpc) is 2.20. The molecule has 0 aliphatic rings. The maximum Gasteiger partial charge on any atom is 0.323 e. The van der Waals surface area contributed by atoms with Crippen molar-refractivity contribution >= 4 is 12.0 Å². The molecule has 3 nitrogen and oxygen atoms in total. The average molecular weight is 223 g/mol. The number of hydrogen-bond donors (Lipinski definition) is 2. The van der Waals surface area contributed by atoms with Gasteiger partial charge in [0.15, 0.2) is 0 Å². The molecular weight excluding hydrogens is 209 g/mol. The van der Waals surface area contributed by atoms with Crippen molar-refractivity contribution in [3.63, 3.8) is 0 Å². The van der Waals surface area contributed by atoms with Crippen molar-refractivity contribution in [2.75, 3.05) is 0 Å². The summed E-state index contributed by atoms with van der Waals surface area (Å²) in [6, 6.07) is 6.26. The Labute approximate surface area is 93.4 Å². The highest BCUT2D eigenvalue weighted by atomic mass is 19.1. The van der Waals surface area contributed by atoms with Crippen LogP contribution in [-0.4, -0.2) is 16.6 Å². The first-order valence-corrected chi connectivity index (χ1v) is 4.87. The van der Waals surface area contributed by atoms with Crippen LogP contribution in [0.25, 0.3) is 6.08 Å². The molecule has 0 aromatic heterocycles. The summed E-state index contributed by atoms with van der Waals surface area (Å²) >= 11 is 0. The molecule has 1 aromatic rings. The predicted molar refractivity (Wildman–Crippen MR) is 60.3 cm³/mol. The Hall–Kier alpha value is -1.68. The van der Waals surface area contributed by atoms with E-state index in [4.69, 9.17) is 10.8 Å². The second-order valence-electron chi connectivity index (χ2n) is 3.85. The molecule has 1 atom stereocenters. The van der Waals surface area contributed by atoms with Crippen molar-refractivity contribution in [1.29, 1.82) is 0 Å². The zero-order valence-electron chi connectivity index (χ0n) is 8.98. The lowest BCUT2D eigenvalue weighted by Gasteiger charge is -2.16. The number of rotatable bonds is 4. The van der Waals surface area contributed by atoms with Crippen LogP contribution in [-0.2, 0) is 4.79 Å². The highest BCUT2D eigenvalue weighted by molar-refractivity contribution is 5.78. The summed E-state index contributed by atoms with van der Waals surface area (Å²) in [5.41, 5.74) is 4.62. The van der Waals surface area contributed by atoms with Gasteiger partial charge in [0.25, 0.3) is 0 Å². The van der Waals surface area contributed by atoms with Crippen molar-refractivity contribution in [3.05, 3.63) is 41.7 Å². The van der Waals surface area contributed by atoms with Crippen molar-refractivity contribution < 1.29 is 14.3 Å². The van der Waals surface area contributed by atoms with E-state index in [0.29, 0.717) is 5.56 Å². The minimum Gasteiger partial charge on any atom is -0.480 e. The second-order valence-corrected chi connectivity index (χ2v) is 3.85. The molecule has 1 rings (SSSR count). The molecule has 0 saturated heterocycles. The van der Waals surface area contributed by atoms with E-state index in [1.54, 1.807) is 24.3 Å². The van der Waals surface area contributed by atoms with Crippen LogP contribution in [0.4, 0.5) is 4.39 Å². The van der Waals surface area contributed by atoms with Crippen LogP contribution in [0.1, 0.15) is 18.9 Å². The first kappa shape index (κ1) is 12.4. The standard InChI is InChI=1S/C12H14FNO2/c1-12(14,11(15)16)8-4-6-9-5-2-3-7-10(9)13/h2-7H,8,14H2,1H3,(H,15,16)/b6-4+/t12-/m0/s1. The Morgan fingerprint density at radius 2 is 2.19 bits per heavy atom. The summed E-state index contributed by atoms with van der Waals surface area (Å²) in [6.45, 7) is 1.42. The van der Waals surface area contributed by atoms with Crippen molar-refractivity contribution in [2.24, 2.45) is 5.73 Å². The summed E-state index contributed by atoms with van der Waals surface area (Å²) in [5, 5.41) is 8.76. The first-order valence-electron chi connectivity index (χ1n) is 4.87. The summed E-state index contributed by atoms with van der Waals surface area (Å²) in [7, 11) is 0. The maximum atomic E-state index is 13.2. The SMILES string of the molecule is C[C@](N)(C/C=C/c1ccccc1F)C(=O)O. The van der Waals surface area contributed by atoms with Crippen LogP contribution >= 0.6 is 0 Å². The van der Waals surface area contributed by atoms with Crippen molar-refractivity contribution in [1.82, 2.24) is 0 Å². The van der Waals surface area contributed by atoms with Gasteiger partial charge < -0.3 is 10.8 Å². The molecule has 0 saturated carbocycles. The van der Waals surface area contributed by atoms with E-state index in [2.05, 4.69) is 0 Å². The molecule has 4 heteroatoms. The molecular formula is C12H14FNO2. The van der Waals surface area contributed by atoms with Gasteiger partial charge >= 0.3 is 5.97 Å². The normalized spacial score (nSPS) is 14.9. The molecule has 3 N–H and O–H groups in total. The van der Waals surface area contributed by atoms with Gasteiger partial charge in [0.05, 0.1) is 0 Å². The van der Waals surface area contributed by atoms with Crippen molar-refractivity contribution in [2.45, 2.75) is 18.9 Å². The van der Waals surface area contributed by atoms with Gasteiger partial charge in [-0.2, -0.15) is 0 Å². The quantitative estimate of drug-likeness (QED) is 0.820. The fourth-order valence-electron chi connectivity index (χ4n) is 1.13. The van der Waals surface area contributed by atoms with Crippen LogP contribution in [0.5, 0.6) is 0 Å². The Balaban J connectivity index is 2.69. The third kappa shape index (κ3) is 3.17. The number of aliphatic carboxylic acids is 1. The van der Waals surface area contributed by atoms with E-state index in [1.807, 2.05) is 0 Å². The summed E-state index contributed by atoms with van der Waals surface area (Å²) in [5.74, 6) is -1.42. The van der Waals surface area contributed by atoms with Gasteiger partial charge in [-0.1, -0.05) is 30.4 Å². The second kappa shape index (κ2) is 4.90. The molecule has 0 radical (unpaired) electrons. The minimum atomic E-state index is -1.32. The first-order chi connectivity index (χ1) is 7.43. The summed E-state index contributed by atoms with van der Waals surface area (Å²) in [6.07, 6.45) is 3.24. The van der Waals surface area contributed by atoms with E-state index in [-0.39, 0.29) is 12.2 Å². The summed E-state index contributed by atoms with van der Waals surface area (Å²) < 4.78 is 13.2. The number of carbonyl (C=O) groups is 1. The third-order valence-corrected chi connectivity index (χ3v) is 2.23. The number of benzene rings is 1. The monoisotopic (exact) mass is 223 g/mol. The molecule has 0 bridgehead atoms. The predicted octanol–water partition coefficient (Wildman–Crippen LogP) is 2.03. The fourth-order valence-corrected chi connectivity index (χ4v) is 1.13. The number of halogens is 1. The highest BCUT2D eigenvalue weighted by Gasteiger charge is 2.25. The van der Waals surface area contributed by atoms with Crippen LogP contribution in [0.15, 0.2) is 30.3 Å². The molecule has 16 heavy (non-hydrogen) atoms. The highest BCUT2D eigenvalue weighted by Crippen LogP contribution is 2.12. The Morgan fingerprint density at radius 1 is 1.56 bits per heavy atom. The molecule has 0 amide bonds. The lowest BCUT2D eigenvalue weighted by molar-refractivity contribution is -0.142. The topological polar surface area (TPSA) is 63.3 Å². The van der Waals surface area contributed by atoms with Gasteiger partial charge in [-0.25, -0.2) is 4.39 Å². The smallest absolute Gasteiger partial charge is 0.323 e. The third-order valence-electron chi connectivity index (χ3n) is 2.23. The minimum absolute atomic E-state index is 0.149. The number of carboxylic acids is 1. The van der Waals surface area contributed by atoms with E-state index < -0.39 is 11.5 Å². The molecule has 1 aromatic carbocycles. The zero-order chi connectivity index (χ0) is 12.2. The lowest BCUT2D eigenvalue weighted by atomic mass is 9.99. The van der Waals surface area contributed by atoms with E-state index in [1.165, 1.54) is 19.1 Å². The van der Waals surface area contributed by atoms with Gasteiger partial charge in [-0.05, 0) is 19.4 Å². The van der Waals surface area contributed by atoms with E-state index in [0.717, 1.165) is 0 Å². The van der Waals surface area contributed by atoms with Crippen LogP contribution in [0, 0.1) is 5.82 Å². The van der Waals surface area contributed by atoms with Crippen LogP contribution < -0.4 is 5.73 Å².